The number of hydrogen-bond acceptors (Lipinski definition) is 7. The third-order valence-corrected chi connectivity index (χ3v) is 6.60. The second kappa shape index (κ2) is 9.63. The van der Waals surface area contributed by atoms with Gasteiger partial charge in [-0.05, 0) is 54.7 Å². The van der Waals surface area contributed by atoms with Gasteiger partial charge in [-0.15, -0.1) is 10.2 Å². The van der Waals surface area contributed by atoms with Gasteiger partial charge in [0.2, 0.25) is 0 Å². The minimum Gasteiger partial charge on any atom is -0.508 e. The number of piperidine rings is 1. The summed E-state index contributed by atoms with van der Waals surface area (Å²) in [5.41, 5.74) is 2.40. The molecule has 33 heavy (non-hydrogen) atoms. The number of aliphatic hydroxyl groups excluding tert-OH is 1. The summed E-state index contributed by atoms with van der Waals surface area (Å²) in [6.07, 6.45) is 1.69. The highest BCUT2D eigenvalue weighted by Crippen LogP contribution is 2.34. The van der Waals surface area contributed by atoms with Gasteiger partial charge in [0.25, 0.3) is 0 Å². The largest absolute Gasteiger partial charge is 0.508 e. The number of rotatable bonds is 6. The lowest BCUT2D eigenvalue weighted by Gasteiger charge is -2.41. The molecular formula is C26H31N5O2. The zero-order chi connectivity index (χ0) is 23.5. The number of nitrogens with zero attached hydrogens (tertiary/aromatic N) is 4. The van der Waals surface area contributed by atoms with Crippen LogP contribution in [0.15, 0.2) is 36.4 Å². The molecule has 0 bridgehead atoms. The number of anilines is 2. The number of aromatic hydroxyl groups is 1. The second-order valence-corrected chi connectivity index (χ2v) is 9.14. The van der Waals surface area contributed by atoms with Gasteiger partial charge in [0.1, 0.15) is 5.75 Å². The van der Waals surface area contributed by atoms with Crippen molar-refractivity contribution in [3.8, 4) is 11.8 Å². The summed E-state index contributed by atoms with van der Waals surface area (Å²) in [6, 6.07) is 13.3. The zero-order valence-corrected chi connectivity index (χ0v) is 19.4. The average molecular weight is 446 g/mol. The minimum atomic E-state index is -0.305. The number of nitriles is 1. The predicted octanol–water partition coefficient (Wildman–Crippen LogP) is 4.36. The Morgan fingerprint density at radius 3 is 2.70 bits per heavy atom. The molecule has 2 heterocycles. The number of phenols is 1. The first kappa shape index (κ1) is 22.8. The molecule has 0 spiro atoms. The maximum Gasteiger partial charge on any atom is 0.159 e. The Morgan fingerprint density at radius 2 is 1.97 bits per heavy atom. The first-order valence-electron chi connectivity index (χ1n) is 11.6. The molecule has 0 radical (unpaired) electrons. The number of nitrogens with one attached hydrogen (secondary N) is 1. The van der Waals surface area contributed by atoms with E-state index < -0.39 is 0 Å². The number of aliphatic hydroxyl groups is 1. The fraction of sp³-hybridized carbons (Fsp3) is 0.423. The lowest BCUT2D eigenvalue weighted by molar-refractivity contribution is 0.0407. The van der Waals surface area contributed by atoms with E-state index in [1.54, 1.807) is 6.07 Å². The van der Waals surface area contributed by atoms with E-state index in [1.165, 1.54) is 0 Å². The summed E-state index contributed by atoms with van der Waals surface area (Å²) < 4.78 is 0. The van der Waals surface area contributed by atoms with Crippen molar-refractivity contribution < 1.29 is 10.2 Å². The number of aryl methyl sites for hydroxylation is 1. The Kier molecular flexibility index (Phi) is 6.66. The number of fused-ring (bicyclic) bond motifs is 1. The van der Waals surface area contributed by atoms with Crippen LogP contribution >= 0.6 is 0 Å². The summed E-state index contributed by atoms with van der Waals surface area (Å²) >= 11 is 0. The van der Waals surface area contributed by atoms with Crippen LogP contribution < -0.4 is 10.2 Å². The van der Waals surface area contributed by atoms with E-state index in [0.717, 1.165) is 47.1 Å². The van der Waals surface area contributed by atoms with Gasteiger partial charge in [-0.1, -0.05) is 32.4 Å². The van der Waals surface area contributed by atoms with Crippen LogP contribution in [0.4, 0.5) is 11.6 Å². The van der Waals surface area contributed by atoms with E-state index in [-0.39, 0.29) is 23.7 Å². The SMILES string of the molecule is CCCC1CN(c2nnc(NCc3ccc(O)c(C)c3)c3cc(C#N)ccc23)CC(C)C1O. The molecule has 1 aliphatic rings. The molecule has 1 aromatic heterocycles. The topological polar surface area (TPSA) is 105 Å². The Bertz CT molecular complexity index is 1190. The maximum absolute atomic E-state index is 10.6. The standard InChI is InChI=1S/C26H31N5O2/c1-4-5-20-15-31(14-17(3)24(20)33)26-21-8-6-18(12-27)11-22(21)25(29-30-26)28-13-19-7-9-23(32)16(2)10-19/h6-11,17,20,24,32-33H,4-5,13-15H2,1-3H3,(H,28,29). The highest BCUT2D eigenvalue weighted by Gasteiger charge is 2.34. The first-order valence-corrected chi connectivity index (χ1v) is 11.6. The molecule has 2 aromatic carbocycles. The van der Waals surface area contributed by atoms with Crippen molar-refractivity contribution in [2.75, 3.05) is 23.3 Å². The smallest absolute Gasteiger partial charge is 0.159 e. The molecule has 0 saturated carbocycles. The number of hydrogen-bond donors (Lipinski definition) is 3. The first-order chi connectivity index (χ1) is 15.9. The van der Waals surface area contributed by atoms with E-state index in [2.05, 4.69) is 40.3 Å². The molecular weight excluding hydrogens is 414 g/mol. The summed E-state index contributed by atoms with van der Waals surface area (Å²) in [4.78, 5) is 2.23. The van der Waals surface area contributed by atoms with Gasteiger partial charge < -0.3 is 20.4 Å². The Labute approximate surface area is 194 Å². The van der Waals surface area contributed by atoms with Crippen LogP contribution in [0.25, 0.3) is 10.8 Å². The van der Waals surface area contributed by atoms with E-state index in [0.29, 0.717) is 24.5 Å². The molecule has 1 fully saturated rings. The third-order valence-electron chi connectivity index (χ3n) is 6.60. The Balaban J connectivity index is 1.68. The maximum atomic E-state index is 10.6. The lowest BCUT2D eigenvalue weighted by Crippen LogP contribution is -2.48. The van der Waals surface area contributed by atoms with Crippen LogP contribution in [0, 0.1) is 30.1 Å². The van der Waals surface area contributed by atoms with Gasteiger partial charge in [-0.25, -0.2) is 0 Å². The van der Waals surface area contributed by atoms with Crippen molar-refractivity contribution in [2.45, 2.75) is 46.3 Å². The molecule has 1 saturated heterocycles. The number of aromatic nitrogens is 2. The van der Waals surface area contributed by atoms with E-state index in [9.17, 15) is 15.5 Å². The van der Waals surface area contributed by atoms with Gasteiger partial charge in [0.15, 0.2) is 11.6 Å². The Morgan fingerprint density at radius 1 is 1.15 bits per heavy atom. The molecule has 7 nitrogen and oxygen atoms in total. The van der Waals surface area contributed by atoms with Gasteiger partial charge in [0.05, 0.1) is 17.7 Å². The molecule has 3 N–H and O–H groups in total. The molecule has 1 aliphatic heterocycles. The second-order valence-electron chi connectivity index (χ2n) is 9.14. The normalized spacial score (nSPS) is 20.6. The summed E-state index contributed by atoms with van der Waals surface area (Å²) in [5.74, 6) is 2.02. The van der Waals surface area contributed by atoms with Gasteiger partial charge in [-0.2, -0.15) is 5.26 Å². The van der Waals surface area contributed by atoms with Crippen LogP contribution in [0.2, 0.25) is 0 Å². The molecule has 3 aromatic rings. The van der Waals surface area contributed by atoms with E-state index in [4.69, 9.17) is 0 Å². The van der Waals surface area contributed by atoms with Gasteiger partial charge >= 0.3 is 0 Å². The van der Waals surface area contributed by atoms with Crippen molar-refractivity contribution in [1.82, 2.24) is 10.2 Å². The van der Waals surface area contributed by atoms with Crippen molar-refractivity contribution in [2.24, 2.45) is 11.8 Å². The van der Waals surface area contributed by atoms with Crippen LogP contribution in [0.3, 0.4) is 0 Å². The van der Waals surface area contributed by atoms with Crippen LogP contribution in [0.1, 0.15) is 43.4 Å². The fourth-order valence-electron chi connectivity index (χ4n) is 4.78. The molecule has 172 valence electrons. The zero-order valence-electron chi connectivity index (χ0n) is 19.4. The molecule has 4 rings (SSSR count). The Hall–Kier alpha value is -3.37. The monoisotopic (exact) mass is 445 g/mol. The molecule has 0 aliphatic carbocycles. The fourth-order valence-corrected chi connectivity index (χ4v) is 4.78. The van der Waals surface area contributed by atoms with Crippen molar-refractivity contribution in [3.05, 3.63) is 53.1 Å². The summed E-state index contributed by atoms with van der Waals surface area (Å²) in [7, 11) is 0. The highest BCUT2D eigenvalue weighted by molar-refractivity contribution is 5.99. The van der Waals surface area contributed by atoms with E-state index in [1.807, 2.05) is 37.3 Å². The highest BCUT2D eigenvalue weighted by atomic mass is 16.3. The summed E-state index contributed by atoms with van der Waals surface area (Å²) in [5, 5.41) is 44.1. The average Bonchev–Trinajstić information content (AvgIpc) is 2.82. The quantitative estimate of drug-likeness (QED) is 0.518. The summed E-state index contributed by atoms with van der Waals surface area (Å²) in [6.45, 7) is 8.06. The molecule has 7 heteroatoms. The van der Waals surface area contributed by atoms with Crippen LogP contribution in [-0.4, -0.2) is 39.6 Å². The molecule has 3 unspecified atom stereocenters. The number of benzene rings is 2. The number of phenolic OH excluding ortho intramolecular Hbond substituents is 1. The van der Waals surface area contributed by atoms with Crippen LogP contribution in [-0.2, 0) is 6.54 Å². The van der Waals surface area contributed by atoms with Crippen molar-refractivity contribution >= 4 is 22.4 Å². The third kappa shape index (κ3) is 4.71. The van der Waals surface area contributed by atoms with Crippen LogP contribution in [0.5, 0.6) is 5.75 Å². The molecule has 3 atom stereocenters. The van der Waals surface area contributed by atoms with Gasteiger partial charge in [0, 0.05) is 36.3 Å². The van der Waals surface area contributed by atoms with Crippen molar-refractivity contribution in [3.63, 3.8) is 0 Å². The van der Waals surface area contributed by atoms with Gasteiger partial charge in [-0.3, -0.25) is 0 Å². The predicted molar refractivity (Wildman–Crippen MR) is 130 cm³/mol. The minimum absolute atomic E-state index is 0.140. The van der Waals surface area contributed by atoms with Crippen molar-refractivity contribution in [1.29, 1.82) is 5.26 Å². The molecule has 0 amide bonds. The lowest BCUT2D eigenvalue weighted by atomic mass is 9.84. The van der Waals surface area contributed by atoms with E-state index >= 15 is 0 Å².